The predicted molar refractivity (Wildman–Crippen MR) is 88.9 cm³/mol. The number of aromatic nitrogens is 3. The van der Waals surface area contributed by atoms with Crippen molar-refractivity contribution in [3.63, 3.8) is 0 Å². The van der Waals surface area contributed by atoms with Gasteiger partial charge in [-0.3, -0.25) is 0 Å². The first-order valence-electron chi connectivity index (χ1n) is 8.08. The van der Waals surface area contributed by atoms with Gasteiger partial charge in [0, 0.05) is 0 Å². The van der Waals surface area contributed by atoms with Crippen LogP contribution in [-0.2, 0) is 6.42 Å². The predicted octanol–water partition coefficient (Wildman–Crippen LogP) is 3.67. The summed E-state index contributed by atoms with van der Waals surface area (Å²) in [5, 5.41) is 3.32. The molecule has 0 fully saturated rings. The van der Waals surface area contributed by atoms with Crippen molar-refractivity contribution in [1.29, 1.82) is 0 Å². The van der Waals surface area contributed by atoms with E-state index in [4.69, 9.17) is 5.73 Å². The number of hydrogen-bond acceptors (Lipinski definition) is 5. The van der Waals surface area contributed by atoms with E-state index in [9.17, 15) is 4.39 Å². The Morgan fingerprint density at radius 1 is 1.35 bits per heavy atom. The number of hydrogen-bond donors (Lipinski definition) is 2. The van der Waals surface area contributed by atoms with E-state index in [0.29, 0.717) is 12.4 Å². The summed E-state index contributed by atoms with van der Waals surface area (Å²) in [6.07, 6.45) is 2.27. The number of nitrogen functional groups attached to an aromatic ring is 1. The van der Waals surface area contributed by atoms with Crippen LogP contribution in [-0.4, -0.2) is 15.0 Å². The number of nitrogens with one attached hydrogen (secondary N) is 1. The van der Waals surface area contributed by atoms with E-state index < -0.39 is 6.17 Å². The molecule has 0 spiro atoms. The second-order valence-corrected chi connectivity index (χ2v) is 6.04. The molecule has 0 bridgehead atoms. The number of alkyl halides is 1. The molecular formula is C17H22FN5. The topological polar surface area (TPSA) is 76.7 Å². The van der Waals surface area contributed by atoms with E-state index in [1.54, 1.807) is 6.92 Å². The van der Waals surface area contributed by atoms with Crippen LogP contribution >= 0.6 is 0 Å². The molecule has 3 N–H and O–H groups in total. The quantitative estimate of drug-likeness (QED) is 0.900. The standard InChI is InChI=1S/C17H22FN5/c1-3-13(18)15-21-16(19)23-17(22-15)20-14-6-4-5-11-8-7-10(2)9-12(11)14/h7-9,13-14H,3-6H2,1-2H3,(H3,19,20,21,22,23). The minimum Gasteiger partial charge on any atom is -0.368 e. The number of nitrogens with zero attached hydrogens (tertiary/aromatic N) is 3. The summed E-state index contributed by atoms with van der Waals surface area (Å²) < 4.78 is 13.9. The van der Waals surface area contributed by atoms with Gasteiger partial charge in [0.2, 0.25) is 11.9 Å². The van der Waals surface area contributed by atoms with Crippen molar-refractivity contribution < 1.29 is 4.39 Å². The second kappa shape index (κ2) is 6.48. The van der Waals surface area contributed by atoms with E-state index in [-0.39, 0.29) is 17.8 Å². The number of rotatable bonds is 4. The van der Waals surface area contributed by atoms with E-state index in [1.165, 1.54) is 16.7 Å². The van der Waals surface area contributed by atoms with Gasteiger partial charge < -0.3 is 11.1 Å². The molecule has 1 aliphatic rings. The van der Waals surface area contributed by atoms with Gasteiger partial charge >= 0.3 is 0 Å². The van der Waals surface area contributed by atoms with Crippen molar-refractivity contribution in [2.24, 2.45) is 0 Å². The normalized spacial score (nSPS) is 18.3. The summed E-state index contributed by atoms with van der Waals surface area (Å²) in [5.74, 6) is 0.500. The maximum atomic E-state index is 13.9. The number of benzene rings is 1. The first-order valence-corrected chi connectivity index (χ1v) is 8.08. The number of halogens is 1. The lowest BCUT2D eigenvalue weighted by Gasteiger charge is -2.27. The van der Waals surface area contributed by atoms with Gasteiger partial charge in [-0.05, 0) is 43.7 Å². The lowest BCUT2D eigenvalue weighted by Crippen LogP contribution is -2.20. The highest BCUT2D eigenvalue weighted by atomic mass is 19.1. The van der Waals surface area contributed by atoms with Crippen molar-refractivity contribution in [3.05, 3.63) is 40.7 Å². The maximum Gasteiger partial charge on any atom is 0.228 e. The SMILES string of the molecule is CCC(F)c1nc(N)nc(NC2CCCc3ccc(C)cc32)n1. The van der Waals surface area contributed by atoms with Gasteiger partial charge in [0.25, 0.3) is 0 Å². The Labute approximate surface area is 135 Å². The molecule has 0 amide bonds. The minimum atomic E-state index is -1.22. The van der Waals surface area contributed by atoms with Crippen LogP contribution in [0, 0.1) is 6.92 Å². The molecule has 6 heteroatoms. The highest BCUT2D eigenvalue weighted by Crippen LogP contribution is 2.32. The largest absolute Gasteiger partial charge is 0.368 e. The van der Waals surface area contributed by atoms with Crippen LogP contribution < -0.4 is 11.1 Å². The van der Waals surface area contributed by atoms with E-state index in [0.717, 1.165) is 19.3 Å². The van der Waals surface area contributed by atoms with Crippen LogP contribution in [0.3, 0.4) is 0 Å². The highest BCUT2D eigenvalue weighted by Gasteiger charge is 2.22. The molecule has 0 saturated heterocycles. The molecule has 1 aromatic carbocycles. The molecule has 0 radical (unpaired) electrons. The Hall–Kier alpha value is -2.24. The van der Waals surface area contributed by atoms with Gasteiger partial charge in [-0.15, -0.1) is 0 Å². The second-order valence-electron chi connectivity index (χ2n) is 6.04. The zero-order chi connectivity index (χ0) is 16.4. The third-order valence-electron chi connectivity index (χ3n) is 4.23. The smallest absolute Gasteiger partial charge is 0.228 e. The summed E-state index contributed by atoms with van der Waals surface area (Å²) in [6, 6.07) is 6.63. The summed E-state index contributed by atoms with van der Waals surface area (Å²) in [4.78, 5) is 12.2. The Morgan fingerprint density at radius 3 is 2.96 bits per heavy atom. The summed E-state index contributed by atoms with van der Waals surface area (Å²) >= 11 is 0. The van der Waals surface area contributed by atoms with Crippen LogP contribution in [0.1, 0.15) is 60.9 Å². The van der Waals surface area contributed by atoms with Crippen LogP contribution in [0.15, 0.2) is 18.2 Å². The molecule has 23 heavy (non-hydrogen) atoms. The Kier molecular flexibility index (Phi) is 4.41. The number of aryl methyl sites for hydroxylation is 2. The van der Waals surface area contributed by atoms with Gasteiger partial charge in [0.1, 0.15) is 0 Å². The van der Waals surface area contributed by atoms with Gasteiger partial charge in [0.15, 0.2) is 12.0 Å². The molecule has 2 aromatic rings. The van der Waals surface area contributed by atoms with Gasteiger partial charge in [0.05, 0.1) is 6.04 Å². The molecule has 3 rings (SSSR count). The summed E-state index contributed by atoms with van der Waals surface area (Å²) in [6.45, 7) is 3.83. The van der Waals surface area contributed by atoms with Crippen molar-refractivity contribution >= 4 is 11.9 Å². The lowest BCUT2D eigenvalue weighted by molar-refractivity contribution is 0.318. The molecule has 0 aliphatic heterocycles. The monoisotopic (exact) mass is 315 g/mol. The molecule has 0 saturated carbocycles. The molecule has 1 aromatic heterocycles. The van der Waals surface area contributed by atoms with Crippen LogP contribution in [0.5, 0.6) is 0 Å². The zero-order valence-electron chi connectivity index (χ0n) is 13.5. The number of fused-ring (bicyclic) bond motifs is 1. The van der Waals surface area contributed by atoms with Crippen molar-refractivity contribution in [3.8, 4) is 0 Å². The molecule has 5 nitrogen and oxygen atoms in total. The molecule has 2 unspecified atom stereocenters. The van der Waals surface area contributed by atoms with Crippen molar-refractivity contribution in [2.75, 3.05) is 11.1 Å². The Balaban J connectivity index is 1.89. The molecule has 1 aliphatic carbocycles. The average molecular weight is 315 g/mol. The fourth-order valence-electron chi connectivity index (χ4n) is 3.02. The van der Waals surface area contributed by atoms with E-state index >= 15 is 0 Å². The highest BCUT2D eigenvalue weighted by molar-refractivity contribution is 5.41. The lowest BCUT2D eigenvalue weighted by atomic mass is 9.87. The first-order chi connectivity index (χ1) is 11.1. The minimum absolute atomic E-state index is 0.0499. The van der Waals surface area contributed by atoms with Crippen LogP contribution in [0.4, 0.5) is 16.3 Å². The zero-order valence-corrected chi connectivity index (χ0v) is 13.5. The average Bonchev–Trinajstić information content (AvgIpc) is 2.54. The van der Waals surface area contributed by atoms with E-state index in [1.807, 2.05) is 0 Å². The van der Waals surface area contributed by atoms with E-state index in [2.05, 4.69) is 45.4 Å². The summed E-state index contributed by atoms with van der Waals surface area (Å²) in [5.41, 5.74) is 9.55. The maximum absolute atomic E-state index is 13.9. The molecule has 122 valence electrons. The molecule has 1 heterocycles. The fourth-order valence-corrected chi connectivity index (χ4v) is 3.02. The van der Waals surface area contributed by atoms with Gasteiger partial charge in [-0.2, -0.15) is 15.0 Å². The van der Waals surface area contributed by atoms with Crippen molar-refractivity contribution in [1.82, 2.24) is 15.0 Å². The fraction of sp³-hybridized carbons (Fsp3) is 0.471. The summed E-state index contributed by atoms with van der Waals surface area (Å²) in [7, 11) is 0. The first kappa shape index (κ1) is 15.6. The third-order valence-corrected chi connectivity index (χ3v) is 4.23. The Morgan fingerprint density at radius 2 is 2.17 bits per heavy atom. The van der Waals surface area contributed by atoms with Gasteiger partial charge in [-0.25, -0.2) is 4.39 Å². The van der Waals surface area contributed by atoms with Crippen molar-refractivity contribution in [2.45, 2.75) is 51.7 Å². The third kappa shape index (κ3) is 3.41. The van der Waals surface area contributed by atoms with Crippen LogP contribution in [0.25, 0.3) is 0 Å². The molecule has 2 atom stereocenters. The number of anilines is 2. The van der Waals surface area contributed by atoms with Crippen LogP contribution in [0.2, 0.25) is 0 Å². The Bertz CT molecular complexity index is 703. The molecular weight excluding hydrogens is 293 g/mol. The number of nitrogens with two attached hydrogens (primary N) is 1. The van der Waals surface area contributed by atoms with Gasteiger partial charge in [-0.1, -0.05) is 30.7 Å².